The maximum absolute atomic E-state index is 12.6. The molecule has 10 nitrogen and oxygen atoms in total. The van der Waals surface area contributed by atoms with Crippen LogP contribution in [0.1, 0.15) is 46.2 Å². The van der Waals surface area contributed by atoms with Crippen LogP contribution in [0.4, 0.5) is 0 Å². The molecule has 2 aliphatic rings. The van der Waals surface area contributed by atoms with Gasteiger partial charge in [-0.3, -0.25) is 0 Å². The van der Waals surface area contributed by atoms with Gasteiger partial charge in [0.25, 0.3) is 0 Å². The van der Waals surface area contributed by atoms with Gasteiger partial charge in [0.05, 0.1) is 33.0 Å². The van der Waals surface area contributed by atoms with E-state index in [1.54, 1.807) is 24.3 Å². The predicted molar refractivity (Wildman–Crippen MR) is 195 cm³/mol. The molecule has 2 fully saturated rings. The van der Waals surface area contributed by atoms with Crippen molar-refractivity contribution in [1.29, 1.82) is 0 Å². The summed E-state index contributed by atoms with van der Waals surface area (Å²) in [4.78, 5) is 0. The van der Waals surface area contributed by atoms with Gasteiger partial charge in [-0.1, -0.05) is 71.7 Å². The molecule has 0 amide bonds. The minimum Gasteiger partial charge on any atom is -0.488 e. The molecule has 0 saturated carbocycles. The summed E-state index contributed by atoms with van der Waals surface area (Å²) in [6.07, 6.45) is -5.53. The minimum absolute atomic E-state index is 0.0131. The van der Waals surface area contributed by atoms with E-state index in [2.05, 4.69) is 0 Å². The number of rotatable bonds is 15. The van der Waals surface area contributed by atoms with Crippen LogP contribution in [0.2, 0.25) is 10.0 Å². The maximum atomic E-state index is 12.6. The Bertz CT molecular complexity index is 1640. The monoisotopic (exact) mass is 754 g/mol. The van der Waals surface area contributed by atoms with Crippen molar-refractivity contribution in [3.8, 4) is 11.5 Å². The van der Waals surface area contributed by atoms with Crippen LogP contribution in [-0.2, 0) is 27.9 Å². The Balaban J connectivity index is 1.31. The first-order valence-electron chi connectivity index (χ1n) is 17.3. The average Bonchev–Trinajstić information content (AvgIpc) is 3.88. The van der Waals surface area contributed by atoms with Crippen molar-refractivity contribution in [2.24, 2.45) is 0 Å². The number of benzene rings is 4. The lowest BCUT2D eigenvalue weighted by atomic mass is 9.77. The molecule has 2 heterocycles. The fraction of sp³-hybridized carbons (Fsp3) is 0.400. The van der Waals surface area contributed by atoms with E-state index in [1.165, 1.54) is 12.1 Å². The van der Waals surface area contributed by atoms with E-state index < -0.39 is 36.6 Å². The molecule has 0 spiro atoms. The second-order valence-electron chi connectivity index (χ2n) is 13.4. The molecular weight excluding hydrogens is 711 g/mol. The van der Waals surface area contributed by atoms with Crippen LogP contribution in [0.25, 0.3) is 0 Å². The van der Waals surface area contributed by atoms with Gasteiger partial charge in [-0.05, 0) is 82.6 Å². The van der Waals surface area contributed by atoms with Gasteiger partial charge >= 0.3 is 0 Å². The Morgan fingerprint density at radius 2 is 1.10 bits per heavy atom. The molecule has 0 bridgehead atoms. The zero-order chi connectivity index (χ0) is 36.8. The first-order chi connectivity index (χ1) is 25.0. The van der Waals surface area contributed by atoms with Crippen LogP contribution < -0.4 is 9.47 Å². The molecule has 2 aliphatic heterocycles. The molecule has 0 unspecified atom stereocenters. The van der Waals surface area contributed by atoms with E-state index >= 15 is 0 Å². The highest BCUT2D eigenvalue weighted by molar-refractivity contribution is 6.31. The van der Waals surface area contributed by atoms with Gasteiger partial charge in [0.1, 0.15) is 53.7 Å². The highest BCUT2D eigenvalue weighted by Gasteiger charge is 2.47. The molecule has 6 N–H and O–H groups in total. The van der Waals surface area contributed by atoms with Gasteiger partial charge in [0.2, 0.25) is 0 Å². The molecule has 12 heteroatoms. The summed E-state index contributed by atoms with van der Waals surface area (Å²) < 4.78 is 22.8. The third kappa shape index (κ3) is 8.91. The number of ether oxygens (including phenoxy) is 4. The SMILES string of the molecule is OC[C@@H](O)[C@@H](O)[C@H](O)[C@@H](O)C(O)(c1ccc(Cl)c(Cc2ccc(O[C@H]3CCOC3)cc2)c1)c1ccc(Cl)c(Cc2ccc(O[C@H]3CCOC3)cc2)c1. The molecular formula is C40H44Cl2O10. The van der Waals surface area contributed by atoms with Crippen LogP contribution in [0.15, 0.2) is 84.9 Å². The number of hydrogen-bond donors (Lipinski definition) is 6. The zero-order valence-electron chi connectivity index (χ0n) is 28.5. The zero-order valence-corrected chi connectivity index (χ0v) is 30.0. The molecule has 0 aromatic heterocycles. The summed E-state index contributed by atoms with van der Waals surface area (Å²) in [6.45, 7) is 1.58. The third-order valence-corrected chi connectivity index (χ3v) is 10.4. The van der Waals surface area contributed by atoms with Gasteiger partial charge in [0.15, 0.2) is 0 Å². The predicted octanol–water partition coefficient (Wildman–Crippen LogP) is 4.18. The molecule has 2 saturated heterocycles. The summed E-state index contributed by atoms with van der Waals surface area (Å²) >= 11 is 13.3. The van der Waals surface area contributed by atoms with Gasteiger partial charge in [-0.15, -0.1) is 0 Å². The Hall–Kier alpha value is -3.26. The van der Waals surface area contributed by atoms with E-state index in [0.29, 0.717) is 60.4 Å². The second kappa shape index (κ2) is 17.3. The summed E-state index contributed by atoms with van der Waals surface area (Å²) in [6, 6.07) is 24.6. The van der Waals surface area contributed by atoms with Crippen LogP contribution in [0.3, 0.4) is 0 Å². The first-order valence-corrected chi connectivity index (χ1v) is 18.1. The summed E-state index contributed by atoms with van der Waals surface area (Å²) in [5.74, 6) is 1.44. The van der Waals surface area contributed by atoms with Crippen LogP contribution in [-0.4, -0.2) is 100 Å². The van der Waals surface area contributed by atoms with Gasteiger partial charge in [-0.2, -0.15) is 0 Å². The van der Waals surface area contributed by atoms with E-state index in [4.69, 9.17) is 42.1 Å². The lowest BCUT2D eigenvalue weighted by Crippen LogP contribution is -2.55. The largest absolute Gasteiger partial charge is 0.488 e. The highest BCUT2D eigenvalue weighted by atomic mass is 35.5. The normalized spacial score (nSPS) is 20.0. The molecule has 52 heavy (non-hydrogen) atoms. The van der Waals surface area contributed by atoms with E-state index in [9.17, 15) is 30.6 Å². The second-order valence-corrected chi connectivity index (χ2v) is 14.2. The number of aliphatic hydroxyl groups excluding tert-OH is 5. The van der Waals surface area contributed by atoms with Crippen LogP contribution >= 0.6 is 23.2 Å². The lowest BCUT2D eigenvalue weighted by Gasteiger charge is -2.39. The topological polar surface area (TPSA) is 158 Å². The number of halogens is 2. The minimum atomic E-state index is -2.35. The summed E-state index contributed by atoms with van der Waals surface area (Å²) in [7, 11) is 0. The van der Waals surface area contributed by atoms with Crippen LogP contribution in [0, 0.1) is 0 Å². The summed E-state index contributed by atoms with van der Waals surface area (Å²) in [5, 5.41) is 66.4. The standard InChI is InChI=1S/C40H44Cl2O10/c41-34-11-5-28(19-26(34)17-24-1-7-30(8-2-24)51-32-13-15-49-22-32)40(48,39(47)38(46)37(45)36(44)21-43)29-6-12-35(42)27(20-29)18-25-3-9-31(10-4-25)52-33-14-16-50-23-33/h1-12,19-20,32-33,36-39,43-48H,13-18,21-23H2/t32-,33-,36+,37+,38-,39+/m0/s1. The fourth-order valence-electron chi connectivity index (χ4n) is 6.58. The van der Waals surface area contributed by atoms with Crippen molar-refractivity contribution in [3.05, 3.63) is 128 Å². The van der Waals surface area contributed by atoms with Crippen molar-refractivity contribution in [3.63, 3.8) is 0 Å². The molecule has 6 rings (SSSR count). The molecule has 0 aliphatic carbocycles. The molecule has 278 valence electrons. The van der Waals surface area contributed by atoms with Crippen molar-refractivity contribution < 1.29 is 49.6 Å². The average molecular weight is 756 g/mol. The Morgan fingerprint density at radius 3 is 1.48 bits per heavy atom. The van der Waals surface area contributed by atoms with Crippen molar-refractivity contribution in [2.75, 3.05) is 33.0 Å². The maximum Gasteiger partial charge on any atom is 0.143 e. The highest BCUT2D eigenvalue weighted by Crippen LogP contribution is 2.39. The smallest absolute Gasteiger partial charge is 0.143 e. The molecule has 6 atom stereocenters. The van der Waals surface area contributed by atoms with E-state index in [-0.39, 0.29) is 23.3 Å². The van der Waals surface area contributed by atoms with Gasteiger partial charge in [-0.25, -0.2) is 0 Å². The molecule has 0 radical (unpaired) electrons. The van der Waals surface area contributed by atoms with E-state index in [0.717, 1.165) is 35.5 Å². The van der Waals surface area contributed by atoms with Crippen molar-refractivity contribution >= 4 is 23.2 Å². The van der Waals surface area contributed by atoms with Gasteiger partial charge in [0, 0.05) is 22.9 Å². The lowest BCUT2D eigenvalue weighted by molar-refractivity contribution is -0.163. The van der Waals surface area contributed by atoms with Gasteiger partial charge < -0.3 is 49.6 Å². The van der Waals surface area contributed by atoms with Crippen LogP contribution in [0.5, 0.6) is 11.5 Å². The summed E-state index contributed by atoms with van der Waals surface area (Å²) in [5.41, 5.74) is 1.02. The quantitative estimate of drug-likeness (QED) is 0.104. The Morgan fingerprint density at radius 1 is 0.654 bits per heavy atom. The fourth-order valence-corrected chi connectivity index (χ4v) is 6.95. The van der Waals surface area contributed by atoms with Crippen molar-refractivity contribution in [1.82, 2.24) is 0 Å². The first kappa shape index (κ1) is 38.5. The van der Waals surface area contributed by atoms with E-state index in [1.807, 2.05) is 48.5 Å². The number of hydrogen-bond acceptors (Lipinski definition) is 10. The number of aliphatic hydroxyl groups is 6. The third-order valence-electron chi connectivity index (χ3n) is 9.67. The Kier molecular flexibility index (Phi) is 12.8. The molecule has 4 aromatic rings. The van der Waals surface area contributed by atoms with Crippen molar-refractivity contribution in [2.45, 2.75) is 67.9 Å². The Labute approximate surface area is 312 Å². The molecule has 4 aromatic carbocycles.